The lowest BCUT2D eigenvalue weighted by atomic mass is 9.89. The first-order valence-electron chi connectivity index (χ1n) is 11.9. The molecule has 1 saturated heterocycles. The second-order valence-electron chi connectivity index (χ2n) is 9.90. The van der Waals surface area contributed by atoms with Crippen molar-refractivity contribution in [1.82, 2.24) is 14.6 Å². The fourth-order valence-electron chi connectivity index (χ4n) is 4.29. The van der Waals surface area contributed by atoms with Gasteiger partial charge in [0.2, 0.25) is 11.2 Å². The van der Waals surface area contributed by atoms with E-state index in [0.29, 0.717) is 5.52 Å². The standard InChI is InChI=1S/C24H29N5O8/c1-11(2)19(30)35-21-23(9-25,15-8-7-14-18(26)27-10-28-29(14)15)36-17-16(34-22(32)33-13(5)6)24(17,21)37-20(31)12(3)4/h7-8,10-13,16-17,21H,1-6H3,(H2,26,27,28)/t16?,17-,21+,23+,24-/m1/s1. The average molecular weight is 516 g/mol. The van der Waals surface area contributed by atoms with Crippen molar-refractivity contribution in [2.24, 2.45) is 11.8 Å². The number of nitrogens with zero attached hydrogens (tertiary/aromatic N) is 4. The molecule has 1 saturated carbocycles. The summed E-state index contributed by atoms with van der Waals surface area (Å²) in [7, 11) is 0. The number of nitrogen functional groups attached to an aromatic ring is 1. The Kier molecular flexibility index (Phi) is 6.49. The Morgan fingerprint density at radius 1 is 1.11 bits per heavy atom. The Balaban J connectivity index is 1.85. The molecule has 2 aliphatic rings. The lowest BCUT2D eigenvalue weighted by Crippen LogP contribution is -2.52. The van der Waals surface area contributed by atoms with Gasteiger partial charge in [-0.05, 0) is 26.0 Å². The zero-order chi connectivity index (χ0) is 27.3. The second kappa shape index (κ2) is 9.19. The van der Waals surface area contributed by atoms with Crippen LogP contribution in [0.1, 0.15) is 47.2 Å². The van der Waals surface area contributed by atoms with Gasteiger partial charge in [0.15, 0.2) is 18.0 Å². The van der Waals surface area contributed by atoms with Crippen LogP contribution in [-0.2, 0) is 38.9 Å². The molecule has 0 amide bonds. The first-order chi connectivity index (χ1) is 17.4. The van der Waals surface area contributed by atoms with E-state index < -0.39 is 65.5 Å². The van der Waals surface area contributed by atoms with Gasteiger partial charge in [-0.1, -0.05) is 27.7 Å². The molecule has 3 heterocycles. The van der Waals surface area contributed by atoms with Gasteiger partial charge in [-0.3, -0.25) is 9.59 Å². The van der Waals surface area contributed by atoms with Crippen LogP contribution in [0.25, 0.3) is 5.52 Å². The van der Waals surface area contributed by atoms with Gasteiger partial charge < -0.3 is 29.4 Å². The molecule has 2 aromatic heterocycles. The number of carbonyl (C=O) groups is 3. The maximum atomic E-state index is 12.9. The number of hydrogen-bond acceptors (Lipinski definition) is 12. The predicted molar refractivity (Wildman–Crippen MR) is 124 cm³/mol. The predicted octanol–water partition coefficient (Wildman–Crippen LogP) is 1.88. The molecular weight excluding hydrogens is 486 g/mol. The summed E-state index contributed by atoms with van der Waals surface area (Å²) < 4.78 is 29.7. The van der Waals surface area contributed by atoms with Crippen LogP contribution in [0.3, 0.4) is 0 Å². The molecule has 37 heavy (non-hydrogen) atoms. The van der Waals surface area contributed by atoms with Crippen LogP contribution in [0.5, 0.6) is 0 Å². The van der Waals surface area contributed by atoms with Crippen molar-refractivity contribution in [2.45, 2.75) is 77.2 Å². The van der Waals surface area contributed by atoms with Gasteiger partial charge in [0, 0.05) is 0 Å². The largest absolute Gasteiger partial charge is 0.509 e. The summed E-state index contributed by atoms with van der Waals surface area (Å²) >= 11 is 0. The van der Waals surface area contributed by atoms with Crippen molar-refractivity contribution in [3.05, 3.63) is 24.2 Å². The van der Waals surface area contributed by atoms with Gasteiger partial charge in [0.25, 0.3) is 0 Å². The molecule has 0 radical (unpaired) electrons. The molecular formula is C24H29N5O8. The first-order valence-corrected chi connectivity index (χ1v) is 11.9. The van der Waals surface area contributed by atoms with Crippen molar-refractivity contribution in [3.8, 4) is 6.07 Å². The maximum absolute atomic E-state index is 12.9. The van der Waals surface area contributed by atoms with E-state index in [0.717, 1.165) is 0 Å². The third-order valence-corrected chi connectivity index (χ3v) is 6.18. The molecule has 0 aromatic carbocycles. The zero-order valence-corrected chi connectivity index (χ0v) is 21.3. The highest BCUT2D eigenvalue weighted by Crippen LogP contribution is 2.62. The number of hydrogen-bond donors (Lipinski definition) is 1. The monoisotopic (exact) mass is 515 g/mol. The zero-order valence-electron chi connectivity index (χ0n) is 21.3. The van der Waals surface area contributed by atoms with E-state index in [1.165, 1.54) is 16.9 Å². The van der Waals surface area contributed by atoms with Crippen molar-refractivity contribution >= 4 is 29.4 Å². The van der Waals surface area contributed by atoms with Crippen LogP contribution < -0.4 is 5.73 Å². The topological polar surface area (TPSA) is 177 Å². The van der Waals surface area contributed by atoms with Crippen LogP contribution >= 0.6 is 0 Å². The van der Waals surface area contributed by atoms with Crippen molar-refractivity contribution in [2.75, 3.05) is 5.73 Å². The smallest absolute Gasteiger partial charge is 0.453 e. The molecule has 198 valence electrons. The van der Waals surface area contributed by atoms with Gasteiger partial charge in [-0.25, -0.2) is 14.3 Å². The Morgan fingerprint density at radius 3 is 2.38 bits per heavy atom. The summed E-state index contributed by atoms with van der Waals surface area (Å²) in [6.45, 7) is 9.72. The molecule has 0 bridgehead atoms. The summed E-state index contributed by atoms with van der Waals surface area (Å²) in [6, 6.07) is 5.21. The Hall–Kier alpha value is -3.92. The second-order valence-corrected chi connectivity index (χ2v) is 9.90. The van der Waals surface area contributed by atoms with Crippen molar-refractivity contribution in [1.29, 1.82) is 5.26 Å². The van der Waals surface area contributed by atoms with E-state index in [1.807, 2.05) is 0 Å². The number of nitriles is 1. The van der Waals surface area contributed by atoms with Gasteiger partial charge in [-0.15, -0.1) is 0 Å². The summed E-state index contributed by atoms with van der Waals surface area (Å²) in [6.07, 6.45) is -4.17. The van der Waals surface area contributed by atoms with Crippen molar-refractivity contribution in [3.63, 3.8) is 0 Å². The Labute approximate surface area is 212 Å². The van der Waals surface area contributed by atoms with Crippen LogP contribution in [0, 0.1) is 23.2 Å². The van der Waals surface area contributed by atoms with Crippen molar-refractivity contribution < 1.29 is 38.1 Å². The number of aromatic nitrogens is 3. The average Bonchev–Trinajstić information content (AvgIpc) is 3.11. The lowest BCUT2D eigenvalue weighted by molar-refractivity contribution is -0.189. The van der Waals surface area contributed by atoms with E-state index in [-0.39, 0.29) is 11.5 Å². The number of anilines is 1. The quantitative estimate of drug-likeness (QED) is 0.419. The molecule has 13 heteroatoms. The molecule has 1 unspecified atom stereocenters. The fourth-order valence-corrected chi connectivity index (χ4v) is 4.29. The van der Waals surface area contributed by atoms with E-state index in [1.54, 1.807) is 47.6 Å². The van der Waals surface area contributed by atoms with Crippen LogP contribution in [0.15, 0.2) is 18.5 Å². The minimum absolute atomic E-state index is 0.145. The lowest BCUT2D eigenvalue weighted by Gasteiger charge is -2.34. The molecule has 0 spiro atoms. The summed E-state index contributed by atoms with van der Waals surface area (Å²) in [4.78, 5) is 42.0. The highest BCUT2D eigenvalue weighted by Gasteiger charge is 2.89. The van der Waals surface area contributed by atoms with E-state index in [2.05, 4.69) is 16.2 Å². The molecule has 2 aromatic rings. The Morgan fingerprint density at radius 2 is 1.78 bits per heavy atom. The summed E-state index contributed by atoms with van der Waals surface area (Å²) in [5.41, 5.74) is 2.70. The van der Waals surface area contributed by atoms with E-state index in [4.69, 9.17) is 29.4 Å². The molecule has 5 atom stereocenters. The van der Waals surface area contributed by atoms with Crippen LogP contribution in [-0.4, -0.2) is 62.7 Å². The normalized spacial score (nSPS) is 28.2. The SMILES string of the molecule is CC(C)OC(=O)OC1[C@H]2O[C@@](C#N)(c3ccc4c(N)ncnn34)[C@H](OC(=O)C(C)C)[C@@]12OC(=O)C(C)C. The molecule has 4 rings (SSSR count). The molecule has 2 fully saturated rings. The third kappa shape index (κ3) is 4.11. The summed E-state index contributed by atoms with van der Waals surface area (Å²) in [5.74, 6) is -2.38. The highest BCUT2D eigenvalue weighted by molar-refractivity contribution is 5.75. The van der Waals surface area contributed by atoms with E-state index >= 15 is 0 Å². The maximum Gasteiger partial charge on any atom is 0.509 e. The van der Waals surface area contributed by atoms with Gasteiger partial charge >= 0.3 is 18.1 Å². The minimum Gasteiger partial charge on any atom is -0.453 e. The van der Waals surface area contributed by atoms with Crippen LogP contribution in [0.2, 0.25) is 0 Å². The number of carbonyl (C=O) groups excluding carboxylic acids is 3. The third-order valence-electron chi connectivity index (χ3n) is 6.18. The summed E-state index contributed by atoms with van der Waals surface area (Å²) in [5, 5.41) is 14.7. The van der Waals surface area contributed by atoms with Crippen LogP contribution in [0.4, 0.5) is 10.6 Å². The number of esters is 2. The van der Waals surface area contributed by atoms with Gasteiger partial charge in [0.1, 0.15) is 24.0 Å². The first kappa shape index (κ1) is 26.2. The number of ether oxygens (including phenoxy) is 5. The number of fused-ring (bicyclic) bond motifs is 2. The Bertz CT molecular complexity index is 1280. The fraction of sp³-hybridized carbons (Fsp3) is 0.583. The van der Waals surface area contributed by atoms with Gasteiger partial charge in [-0.2, -0.15) is 10.4 Å². The van der Waals surface area contributed by atoms with Gasteiger partial charge in [0.05, 0.1) is 23.6 Å². The molecule has 1 aliphatic carbocycles. The highest BCUT2D eigenvalue weighted by atomic mass is 16.8. The molecule has 1 aliphatic heterocycles. The minimum atomic E-state index is -2.00. The number of rotatable bonds is 7. The molecule has 13 nitrogen and oxygen atoms in total. The van der Waals surface area contributed by atoms with E-state index in [9.17, 15) is 19.6 Å². The number of nitrogens with two attached hydrogens (primary N) is 1. The molecule has 2 N–H and O–H groups in total.